The average molecular weight is 251 g/mol. The summed E-state index contributed by atoms with van der Waals surface area (Å²) >= 11 is 0. The molecule has 0 aliphatic heterocycles. The van der Waals surface area contributed by atoms with E-state index < -0.39 is 0 Å². The first-order valence-corrected chi connectivity index (χ1v) is 7.61. The van der Waals surface area contributed by atoms with Crippen LogP contribution in [-0.2, 0) is 4.79 Å². The second kappa shape index (κ2) is 4.54. The van der Waals surface area contributed by atoms with Gasteiger partial charge in [0.1, 0.15) is 0 Å². The summed E-state index contributed by atoms with van der Waals surface area (Å²) in [6.07, 6.45) is 6.51. The molecule has 2 rings (SSSR count). The summed E-state index contributed by atoms with van der Waals surface area (Å²) in [6.45, 7) is 11.2. The Morgan fingerprint density at radius 2 is 1.94 bits per heavy atom. The van der Waals surface area contributed by atoms with Gasteiger partial charge in [-0.2, -0.15) is 0 Å². The van der Waals surface area contributed by atoms with E-state index >= 15 is 0 Å². The summed E-state index contributed by atoms with van der Waals surface area (Å²) < 4.78 is 0. The molecule has 2 bridgehead atoms. The maximum Gasteiger partial charge on any atom is 0.217 e. The number of nitrogens with one attached hydrogen (secondary N) is 1. The molecule has 2 aliphatic carbocycles. The predicted molar refractivity (Wildman–Crippen MR) is 75.2 cm³/mol. The fourth-order valence-electron chi connectivity index (χ4n) is 4.82. The van der Waals surface area contributed by atoms with E-state index in [0.717, 1.165) is 11.8 Å². The van der Waals surface area contributed by atoms with E-state index in [-0.39, 0.29) is 5.91 Å². The summed E-state index contributed by atoms with van der Waals surface area (Å²) in [5.74, 6) is 1.73. The van der Waals surface area contributed by atoms with Gasteiger partial charge in [-0.3, -0.25) is 4.79 Å². The van der Waals surface area contributed by atoms with E-state index in [1.165, 1.54) is 32.1 Å². The number of hydrogen-bond acceptors (Lipinski definition) is 1. The van der Waals surface area contributed by atoms with Crippen LogP contribution in [0.4, 0.5) is 0 Å². The van der Waals surface area contributed by atoms with Gasteiger partial charge < -0.3 is 5.32 Å². The minimum Gasteiger partial charge on any atom is -0.353 e. The van der Waals surface area contributed by atoms with Crippen LogP contribution in [0.1, 0.15) is 66.7 Å². The summed E-state index contributed by atoms with van der Waals surface area (Å²) in [6, 6.07) is 0.394. The molecule has 18 heavy (non-hydrogen) atoms. The predicted octanol–water partition coefficient (Wildman–Crippen LogP) is 3.75. The molecule has 1 N–H and O–H groups in total. The Balaban J connectivity index is 2.21. The molecule has 2 heteroatoms. The molecule has 0 radical (unpaired) electrons. The molecule has 0 aromatic carbocycles. The van der Waals surface area contributed by atoms with Crippen molar-refractivity contribution in [1.82, 2.24) is 5.32 Å². The standard InChI is InChI=1S/C16H29NO/c1-6-7-8-12-9-13-10-14(17-11(2)18)16(12,5)15(13,3)4/h12-14H,6-10H2,1-5H3,(H,17,18)/t12-,13-,14-,16+/m1/s1. The van der Waals surface area contributed by atoms with Crippen LogP contribution < -0.4 is 5.32 Å². The zero-order chi connectivity index (χ0) is 13.6. The fourth-order valence-corrected chi connectivity index (χ4v) is 4.82. The number of rotatable bonds is 4. The summed E-state index contributed by atoms with van der Waals surface area (Å²) in [5.41, 5.74) is 0.664. The molecule has 2 fully saturated rings. The van der Waals surface area contributed by atoms with E-state index in [4.69, 9.17) is 0 Å². The van der Waals surface area contributed by atoms with Crippen molar-refractivity contribution < 1.29 is 4.79 Å². The molecular weight excluding hydrogens is 222 g/mol. The Labute approximate surface area is 112 Å². The largest absolute Gasteiger partial charge is 0.353 e. The van der Waals surface area contributed by atoms with Crippen molar-refractivity contribution in [2.75, 3.05) is 0 Å². The zero-order valence-corrected chi connectivity index (χ0v) is 12.7. The SMILES string of the molecule is CCCC[C@@H]1C[C@@H]2C[C@@H](NC(C)=O)[C@@]1(C)C2(C)C. The molecule has 2 saturated carbocycles. The number of amides is 1. The van der Waals surface area contributed by atoms with Gasteiger partial charge in [0.25, 0.3) is 0 Å². The summed E-state index contributed by atoms with van der Waals surface area (Å²) in [5, 5.41) is 3.24. The summed E-state index contributed by atoms with van der Waals surface area (Å²) in [4.78, 5) is 11.4. The Bertz CT molecular complexity index is 336. The molecule has 0 saturated heterocycles. The van der Waals surface area contributed by atoms with Crippen molar-refractivity contribution in [2.45, 2.75) is 72.8 Å². The Morgan fingerprint density at radius 3 is 2.44 bits per heavy atom. The van der Waals surface area contributed by atoms with Crippen molar-refractivity contribution in [3.63, 3.8) is 0 Å². The molecule has 4 atom stereocenters. The maximum absolute atomic E-state index is 11.4. The van der Waals surface area contributed by atoms with Gasteiger partial charge in [0.15, 0.2) is 0 Å². The molecule has 0 heterocycles. The molecule has 2 nitrogen and oxygen atoms in total. The highest BCUT2D eigenvalue weighted by molar-refractivity contribution is 5.73. The Hall–Kier alpha value is -0.530. The van der Waals surface area contributed by atoms with Crippen LogP contribution in [0, 0.1) is 22.7 Å². The minimum atomic E-state index is 0.138. The molecule has 2 aliphatic rings. The number of hydrogen-bond donors (Lipinski definition) is 1. The third kappa shape index (κ3) is 1.80. The van der Waals surface area contributed by atoms with E-state index in [0.29, 0.717) is 16.9 Å². The van der Waals surface area contributed by atoms with Crippen molar-refractivity contribution in [3.8, 4) is 0 Å². The molecule has 1 amide bonds. The van der Waals surface area contributed by atoms with Gasteiger partial charge in [0, 0.05) is 13.0 Å². The second-order valence-electron chi connectivity index (χ2n) is 7.26. The third-order valence-corrected chi connectivity index (χ3v) is 6.35. The first-order chi connectivity index (χ1) is 8.34. The van der Waals surface area contributed by atoms with Crippen molar-refractivity contribution in [2.24, 2.45) is 22.7 Å². The van der Waals surface area contributed by atoms with Crippen LogP contribution in [0.25, 0.3) is 0 Å². The van der Waals surface area contributed by atoms with Crippen LogP contribution in [0.2, 0.25) is 0 Å². The maximum atomic E-state index is 11.4. The van der Waals surface area contributed by atoms with Crippen molar-refractivity contribution >= 4 is 5.91 Å². The summed E-state index contributed by atoms with van der Waals surface area (Å²) in [7, 11) is 0. The lowest BCUT2D eigenvalue weighted by atomic mass is 9.63. The first-order valence-electron chi connectivity index (χ1n) is 7.61. The molecule has 0 aromatic rings. The van der Waals surface area contributed by atoms with Crippen LogP contribution in [0.5, 0.6) is 0 Å². The topological polar surface area (TPSA) is 29.1 Å². The highest BCUT2D eigenvalue weighted by Gasteiger charge is 2.65. The number of fused-ring (bicyclic) bond motifs is 2. The van der Waals surface area contributed by atoms with Crippen LogP contribution in [0.15, 0.2) is 0 Å². The number of unbranched alkanes of at least 4 members (excludes halogenated alkanes) is 1. The highest BCUT2D eigenvalue weighted by Crippen LogP contribution is 2.68. The lowest BCUT2D eigenvalue weighted by Crippen LogP contribution is -2.50. The smallest absolute Gasteiger partial charge is 0.217 e. The van der Waals surface area contributed by atoms with Gasteiger partial charge in [0.05, 0.1) is 0 Å². The number of carbonyl (C=O) groups is 1. The molecule has 0 aromatic heterocycles. The van der Waals surface area contributed by atoms with Crippen molar-refractivity contribution in [3.05, 3.63) is 0 Å². The quantitative estimate of drug-likeness (QED) is 0.810. The third-order valence-electron chi connectivity index (χ3n) is 6.35. The molecular formula is C16H29NO. The van der Waals surface area contributed by atoms with Crippen molar-refractivity contribution in [1.29, 1.82) is 0 Å². The van der Waals surface area contributed by atoms with Gasteiger partial charge in [0.2, 0.25) is 5.91 Å². The molecule has 0 spiro atoms. The van der Waals surface area contributed by atoms with E-state index in [1.807, 2.05) is 0 Å². The van der Waals surface area contributed by atoms with E-state index in [2.05, 4.69) is 33.0 Å². The zero-order valence-electron chi connectivity index (χ0n) is 12.7. The fraction of sp³-hybridized carbons (Fsp3) is 0.938. The average Bonchev–Trinajstić information content (AvgIpc) is 2.56. The molecule has 104 valence electrons. The number of carbonyl (C=O) groups excluding carboxylic acids is 1. The minimum absolute atomic E-state index is 0.138. The van der Waals surface area contributed by atoms with Gasteiger partial charge in [-0.25, -0.2) is 0 Å². The first kappa shape index (κ1) is 13.9. The molecule has 0 unspecified atom stereocenters. The Kier molecular flexibility index (Phi) is 3.50. The van der Waals surface area contributed by atoms with Crippen LogP contribution >= 0.6 is 0 Å². The lowest BCUT2D eigenvalue weighted by Gasteiger charge is -2.44. The monoisotopic (exact) mass is 251 g/mol. The highest BCUT2D eigenvalue weighted by atomic mass is 16.1. The van der Waals surface area contributed by atoms with Gasteiger partial charge in [-0.15, -0.1) is 0 Å². The second-order valence-corrected chi connectivity index (χ2v) is 7.26. The van der Waals surface area contributed by atoms with E-state index in [9.17, 15) is 4.79 Å². The Morgan fingerprint density at radius 1 is 1.28 bits per heavy atom. The van der Waals surface area contributed by atoms with Gasteiger partial charge >= 0.3 is 0 Å². The van der Waals surface area contributed by atoms with Crippen LogP contribution in [-0.4, -0.2) is 11.9 Å². The normalized spacial score (nSPS) is 41.1. The van der Waals surface area contributed by atoms with Gasteiger partial charge in [-0.05, 0) is 41.9 Å². The van der Waals surface area contributed by atoms with Crippen LogP contribution in [0.3, 0.4) is 0 Å². The van der Waals surface area contributed by atoms with E-state index in [1.54, 1.807) is 6.92 Å². The van der Waals surface area contributed by atoms with Gasteiger partial charge in [-0.1, -0.05) is 40.5 Å². The lowest BCUT2D eigenvalue weighted by molar-refractivity contribution is -0.121.